The number of carbonyl (C=O) groups is 1. The Hall–Kier alpha value is -1.41. The highest BCUT2D eigenvalue weighted by atomic mass is 16.6. The monoisotopic (exact) mass is 408 g/mol. The number of aliphatic hydroxyl groups is 3. The molecule has 3 aliphatic rings. The summed E-state index contributed by atoms with van der Waals surface area (Å²) >= 11 is 0. The van der Waals surface area contributed by atoms with E-state index in [2.05, 4.69) is 0 Å². The maximum absolute atomic E-state index is 11.8. The third-order valence-electron chi connectivity index (χ3n) is 8.51. The van der Waals surface area contributed by atoms with Gasteiger partial charge < -0.3 is 29.2 Å². The van der Waals surface area contributed by atoms with Crippen LogP contribution in [0.15, 0.2) is 23.0 Å². The van der Waals surface area contributed by atoms with Gasteiger partial charge in [-0.2, -0.15) is 0 Å². The summed E-state index contributed by atoms with van der Waals surface area (Å²) in [5.41, 5.74) is -2.01. The zero-order chi connectivity index (χ0) is 21.2. The molecule has 29 heavy (non-hydrogen) atoms. The number of fused-ring (bicyclic) bond motifs is 2. The molecule has 3 N–H and O–H groups in total. The molecule has 2 aliphatic carbocycles. The predicted molar refractivity (Wildman–Crippen MR) is 102 cm³/mol. The van der Waals surface area contributed by atoms with Gasteiger partial charge in [-0.3, -0.25) is 4.79 Å². The summed E-state index contributed by atoms with van der Waals surface area (Å²) in [4.78, 5) is 11.8. The van der Waals surface area contributed by atoms with Gasteiger partial charge in [-0.15, -0.1) is 0 Å². The fraction of sp³-hybridized carbons (Fsp3) is 0.773. The van der Waals surface area contributed by atoms with Gasteiger partial charge >= 0.3 is 5.97 Å². The molecule has 2 saturated carbocycles. The lowest BCUT2D eigenvalue weighted by molar-refractivity contribution is -0.287. The topological polar surface area (TPSA) is 109 Å². The molecule has 0 radical (unpaired) electrons. The number of aliphatic hydroxyl groups excluding tert-OH is 2. The van der Waals surface area contributed by atoms with Crippen molar-refractivity contribution in [1.82, 2.24) is 0 Å². The van der Waals surface area contributed by atoms with E-state index in [1.807, 2.05) is 19.9 Å². The second-order valence-electron chi connectivity index (χ2n) is 9.70. The van der Waals surface area contributed by atoms with E-state index in [1.165, 1.54) is 6.92 Å². The molecule has 1 saturated heterocycles. The van der Waals surface area contributed by atoms with Crippen molar-refractivity contribution in [3.63, 3.8) is 0 Å². The lowest BCUT2D eigenvalue weighted by Crippen LogP contribution is -2.69. The first-order valence-corrected chi connectivity index (χ1v) is 10.5. The fourth-order valence-electron chi connectivity index (χ4n) is 6.62. The van der Waals surface area contributed by atoms with Crippen LogP contribution in [0.2, 0.25) is 0 Å². The van der Waals surface area contributed by atoms with Crippen molar-refractivity contribution in [3.05, 3.63) is 24.2 Å². The van der Waals surface area contributed by atoms with Crippen LogP contribution in [-0.4, -0.2) is 45.4 Å². The minimum absolute atomic E-state index is 0.109. The van der Waals surface area contributed by atoms with E-state index in [4.69, 9.17) is 13.9 Å². The molecule has 162 valence electrons. The number of carbonyl (C=O) groups excluding carboxylic acids is 1. The number of hydrogen-bond acceptors (Lipinski definition) is 7. The summed E-state index contributed by atoms with van der Waals surface area (Å²) in [7, 11) is 0. The van der Waals surface area contributed by atoms with Crippen LogP contribution in [0.3, 0.4) is 0 Å². The molecular formula is C22H32O7. The first kappa shape index (κ1) is 20.8. The molecule has 1 aromatic heterocycles. The Morgan fingerprint density at radius 1 is 1.24 bits per heavy atom. The van der Waals surface area contributed by atoms with Gasteiger partial charge in [0.15, 0.2) is 6.29 Å². The van der Waals surface area contributed by atoms with Gasteiger partial charge in [-0.05, 0) is 44.6 Å². The Morgan fingerprint density at radius 3 is 2.59 bits per heavy atom. The Balaban J connectivity index is 1.81. The molecule has 0 unspecified atom stereocenters. The van der Waals surface area contributed by atoms with Crippen molar-refractivity contribution >= 4 is 5.97 Å². The molecule has 1 aliphatic heterocycles. The molecule has 4 rings (SSSR count). The molecule has 3 fully saturated rings. The summed E-state index contributed by atoms with van der Waals surface area (Å²) in [6, 6.07) is 1.83. The second-order valence-corrected chi connectivity index (χ2v) is 9.70. The molecule has 9 atom stereocenters. The lowest BCUT2D eigenvalue weighted by Gasteiger charge is -2.65. The van der Waals surface area contributed by atoms with E-state index in [0.717, 1.165) is 5.56 Å². The molecule has 0 amide bonds. The summed E-state index contributed by atoms with van der Waals surface area (Å²) in [6.07, 6.45) is 2.46. The first-order chi connectivity index (χ1) is 13.5. The number of esters is 1. The fourth-order valence-corrected chi connectivity index (χ4v) is 6.62. The van der Waals surface area contributed by atoms with E-state index in [0.29, 0.717) is 25.7 Å². The Labute approximate surface area is 171 Å². The van der Waals surface area contributed by atoms with Crippen molar-refractivity contribution in [1.29, 1.82) is 0 Å². The standard InChI is InChI=1S/C22H32O7/c1-12-15(28-13(2)23)9-20(3)17(5-6-18(24)21(20,4)26)22(12)10-16(29-19(22)25)14-7-8-27-11-14/h7-8,11-12,15-19,24-26H,5-6,9-10H2,1-4H3/t12-,15+,16-,17-,18-,19+,20-,21+,22-/m0/s1. The van der Waals surface area contributed by atoms with E-state index in [9.17, 15) is 20.1 Å². The third-order valence-corrected chi connectivity index (χ3v) is 8.51. The molecule has 7 heteroatoms. The van der Waals surface area contributed by atoms with Gasteiger partial charge in [0.2, 0.25) is 0 Å². The van der Waals surface area contributed by atoms with Gasteiger partial charge in [0, 0.05) is 29.2 Å². The average Bonchev–Trinajstić information content (AvgIpc) is 3.27. The van der Waals surface area contributed by atoms with E-state index < -0.39 is 40.9 Å². The molecule has 7 nitrogen and oxygen atoms in total. The third kappa shape index (κ3) is 2.81. The molecule has 1 aromatic rings. The number of ether oxygens (including phenoxy) is 2. The van der Waals surface area contributed by atoms with Crippen LogP contribution in [-0.2, 0) is 14.3 Å². The number of furan rings is 1. The van der Waals surface area contributed by atoms with Crippen molar-refractivity contribution < 1.29 is 34.0 Å². The van der Waals surface area contributed by atoms with Crippen molar-refractivity contribution in [2.24, 2.45) is 22.7 Å². The van der Waals surface area contributed by atoms with Crippen molar-refractivity contribution in [3.8, 4) is 0 Å². The smallest absolute Gasteiger partial charge is 0.302 e. The van der Waals surface area contributed by atoms with Crippen LogP contribution in [0.5, 0.6) is 0 Å². The Bertz CT molecular complexity index is 759. The average molecular weight is 408 g/mol. The van der Waals surface area contributed by atoms with Gasteiger partial charge in [0.1, 0.15) is 6.10 Å². The summed E-state index contributed by atoms with van der Waals surface area (Å²) in [6.45, 7) is 6.98. The Morgan fingerprint density at radius 2 is 1.97 bits per heavy atom. The zero-order valence-corrected chi connectivity index (χ0v) is 17.5. The van der Waals surface area contributed by atoms with Crippen LogP contribution in [0.4, 0.5) is 0 Å². The highest BCUT2D eigenvalue weighted by Crippen LogP contribution is 2.68. The van der Waals surface area contributed by atoms with Crippen LogP contribution in [0, 0.1) is 22.7 Å². The van der Waals surface area contributed by atoms with Gasteiger partial charge in [-0.1, -0.05) is 13.8 Å². The molecular weight excluding hydrogens is 376 g/mol. The van der Waals surface area contributed by atoms with Crippen LogP contribution in [0.25, 0.3) is 0 Å². The first-order valence-electron chi connectivity index (χ1n) is 10.5. The lowest BCUT2D eigenvalue weighted by atomic mass is 9.42. The highest BCUT2D eigenvalue weighted by molar-refractivity contribution is 5.66. The Kier molecular flexibility index (Phi) is 4.89. The molecule has 1 spiro atoms. The highest BCUT2D eigenvalue weighted by Gasteiger charge is 2.71. The van der Waals surface area contributed by atoms with Gasteiger partial charge in [0.05, 0.1) is 30.3 Å². The summed E-state index contributed by atoms with van der Waals surface area (Å²) < 4.78 is 16.9. The van der Waals surface area contributed by atoms with Crippen LogP contribution in [0.1, 0.15) is 65.0 Å². The summed E-state index contributed by atoms with van der Waals surface area (Å²) in [5, 5.41) is 33.2. The number of hydrogen-bond donors (Lipinski definition) is 3. The molecule has 2 heterocycles. The quantitative estimate of drug-likeness (QED) is 0.645. The maximum atomic E-state index is 11.8. The summed E-state index contributed by atoms with van der Waals surface area (Å²) in [5.74, 6) is -0.681. The SMILES string of the molecule is CC(=O)O[C@@H]1C[C@@]2(C)[C@H](CC[C@H](O)[C@@]2(C)O)[C@]2(C[C@@H](c3ccoc3)O[C@H]2O)[C@H]1C. The van der Waals surface area contributed by atoms with Crippen molar-refractivity contribution in [2.75, 3.05) is 0 Å². The van der Waals surface area contributed by atoms with Crippen LogP contribution >= 0.6 is 0 Å². The maximum Gasteiger partial charge on any atom is 0.302 e. The van der Waals surface area contributed by atoms with Crippen molar-refractivity contribution in [2.45, 2.75) is 83.6 Å². The molecule has 0 aromatic carbocycles. The minimum atomic E-state index is -1.38. The molecule has 0 bridgehead atoms. The van der Waals surface area contributed by atoms with E-state index >= 15 is 0 Å². The normalized spacial score (nSPS) is 49.8. The van der Waals surface area contributed by atoms with E-state index in [-0.39, 0.29) is 17.9 Å². The largest absolute Gasteiger partial charge is 0.472 e. The predicted octanol–water partition coefficient (Wildman–Crippen LogP) is 2.55. The van der Waals surface area contributed by atoms with E-state index in [1.54, 1.807) is 19.5 Å². The van der Waals surface area contributed by atoms with Gasteiger partial charge in [0.25, 0.3) is 0 Å². The van der Waals surface area contributed by atoms with Gasteiger partial charge in [-0.25, -0.2) is 0 Å². The zero-order valence-electron chi connectivity index (χ0n) is 17.5. The number of rotatable bonds is 2. The minimum Gasteiger partial charge on any atom is -0.472 e. The van der Waals surface area contributed by atoms with Crippen LogP contribution < -0.4 is 0 Å². The second kappa shape index (κ2) is 6.80.